The second-order valence-electron chi connectivity index (χ2n) is 3.75. The molecule has 84 valence electrons. The predicted molar refractivity (Wildman–Crippen MR) is 59.6 cm³/mol. The molecule has 3 rings (SSSR count). The largest absolute Gasteiger partial charge is 0.338 e. The number of nitrogens with one attached hydrogen (secondary N) is 3. The van der Waals surface area contributed by atoms with Crippen molar-refractivity contribution in [2.45, 2.75) is 0 Å². The highest BCUT2D eigenvalue weighted by molar-refractivity contribution is 5.73. The second-order valence-corrected chi connectivity index (χ2v) is 3.75. The zero-order valence-corrected chi connectivity index (χ0v) is 8.66. The molecule has 3 N–H and O–H groups in total. The average Bonchev–Trinajstić information content (AvgIpc) is 2.72. The van der Waals surface area contributed by atoms with E-state index < -0.39 is 0 Å². The first-order valence-electron chi connectivity index (χ1n) is 5.23. The summed E-state index contributed by atoms with van der Waals surface area (Å²) in [5.74, 6) is 0.671. The lowest BCUT2D eigenvalue weighted by Gasteiger charge is -2.26. The van der Waals surface area contributed by atoms with E-state index in [0.29, 0.717) is 17.0 Å². The van der Waals surface area contributed by atoms with Gasteiger partial charge in [0.05, 0.1) is 0 Å². The summed E-state index contributed by atoms with van der Waals surface area (Å²) in [4.78, 5) is 21.9. The molecule has 7 heteroatoms. The van der Waals surface area contributed by atoms with Gasteiger partial charge >= 0.3 is 0 Å². The Morgan fingerprint density at radius 2 is 2.06 bits per heavy atom. The van der Waals surface area contributed by atoms with Crippen LogP contribution in [0, 0.1) is 0 Å². The first-order chi connectivity index (χ1) is 7.84. The fourth-order valence-electron chi connectivity index (χ4n) is 1.83. The van der Waals surface area contributed by atoms with E-state index in [1.54, 1.807) is 6.20 Å². The van der Waals surface area contributed by atoms with Crippen molar-refractivity contribution in [3.8, 4) is 0 Å². The molecule has 0 saturated carbocycles. The van der Waals surface area contributed by atoms with E-state index >= 15 is 0 Å². The van der Waals surface area contributed by atoms with Gasteiger partial charge in [-0.05, 0) is 0 Å². The fraction of sp³-hybridized carbons (Fsp3) is 0.444. The van der Waals surface area contributed by atoms with Gasteiger partial charge in [0.25, 0.3) is 5.56 Å². The number of anilines is 1. The second kappa shape index (κ2) is 3.60. The van der Waals surface area contributed by atoms with E-state index in [2.05, 4.69) is 30.4 Å². The van der Waals surface area contributed by atoms with E-state index in [-0.39, 0.29) is 5.56 Å². The summed E-state index contributed by atoms with van der Waals surface area (Å²) in [7, 11) is 0. The lowest BCUT2D eigenvalue weighted by molar-refractivity contribution is 0.580. The molecule has 2 aromatic rings. The Hall–Kier alpha value is -1.89. The zero-order valence-electron chi connectivity index (χ0n) is 8.66. The number of piperazine rings is 1. The van der Waals surface area contributed by atoms with Crippen LogP contribution in [0.4, 0.5) is 5.95 Å². The molecule has 0 atom stereocenters. The molecule has 1 saturated heterocycles. The SMILES string of the molecule is O=c1[nH][nH]c2nc(N3CCNCC3)ncc12. The maximum Gasteiger partial charge on any atom is 0.275 e. The van der Waals surface area contributed by atoms with Gasteiger partial charge in [0.1, 0.15) is 5.39 Å². The molecule has 0 amide bonds. The Morgan fingerprint density at radius 1 is 1.25 bits per heavy atom. The quantitative estimate of drug-likeness (QED) is 0.577. The molecule has 0 aliphatic carbocycles. The van der Waals surface area contributed by atoms with Gasteiger partial charge in [-0.15, -0.1) is 0 Å². The Kier molecular flexibility index (Phi) is 2.10. The monoisotopic (exact) mass is 220 g/mol. The summed E-state index contributed by atoms with van der Waals surface area (Å²) in [6.07, 6.45) is 1.56. The van der Waals surface area contributed by atoms with Crippen LogP contribution in [0.2, 0.25) is 0 Å². The molecule has 0 radical (unpaired) electrons. The van der Waals surface area contributed by atoms with Crippen molar-refractivity contribution in [2.75, 3.05) is 31.1 Å². The third kappa shape index (κ3) is 1.45. The average molecular weight is 220 g/mol. The molecular weight excluding hydrogens is 208 g/mol. The number of hydrogen-bond acceptors (Lipinski definition) is 5. The molecule has 7 nitrogen and oxygen atoms in total. The van der Waals surface area contributed by atoms with E-state index in [9.17, 15) is 4.79 Å². The fourth-order valence-corrected chi connectivity index (χ4v) is 1.83. The van der Waals surface area contributed by atoms with Crippen LogP contribution in [-0.4, -0.2) is 46.3 Å². The van der Waals surface area contributed by atoms with Gasteiger partial charge in [-0.3, -0.25) is 15.0 Å². The summed E-state index contributed by atoms with van der Waals surface area (Å²) in [5.41, 5.74) is 0.385. The van der Waals surface area contributed by atoms with Crippen LogP contribution >= 0.6 is 0 Å². The Labute approximate surface area is 90.9 Å². The summed E-state index contributed by atoms with van der Waals surface area (Å²) < 4.78 is 0. The molecule has 0 aromatic carbocycles. The maximum atomic E-state index is 11.3. The minimum Gasteiger partial charge on any atom is -0.338 e. The Morgan fingerprint density at radius 3 is 2.88 bits per heavy atom. The van der Waals surface area contributed by atoms with Crippen LogP contribution < -0.4 is 15.8 Å². The normalized spacial score (nSPS) is 16.9. The minimum atomic E-state index is -0.179. The van der Waals surface area contributed by atoms with Gasteiger partial charge in [-0.2, -0.15) is 4.98 Å². The number of nitrogens with zero attached hydrogens (tertiary/aromatic N) is 3. The van der Waals surface area contributed by atoms with Crippen molar-refractivity contribution in [1.29, 1.82) is 0 Å². The standard InChI is InChI=1S/C9H12N6O/c16-8-6-5-11-9(12-7(6)13-14-8)15-3-1-10-2-4-15/h5,10H,1-4H2,(H2,11,12,13,14,16). The molecule has 1 aliphatic rings. The summed E-state index contributed by atoms with van der Waals surface area (Å²) in [6.45, 7) is 3.65. The summed E-state index contributed by atoms with van der Waals surface area (Å²) >= 11 is 0. The third-order valence-electron chi connectivity index (χ3n) is 2.71. The van der Waals surface area contributed by atoms with E-state index in [1.807, 2.05) is 0 Å². The molecule has 1 aliphatic heterocycles. The molecule has 0 unspecified atom stereocenters. The van der Waals surface area contributed by atoms with Crippen LogP contribution in [0.1, 0.15) is 0 Å². The number of hydrogen-bond donors (Lipinski definition) is 3. The highest BCUT2D eigenvalue weighted by atomic mass is 16.1. The van der Waals surface area contributed by atoms with Gasteiger partial charge in [0, 0.05) is 32.4 Å². The number of H-pyrrole nitrogens is 2. The van der Waals surface area contributed by atoms with E-state index in [4.69, 9.17) is 0 Å². The number of aromatic amines is 2. The predicted octanol–water partition coefficient (Wildman–Crippen LogP) is -0.944. The first kappa shape index (κ1) is 9.34. The number of rotatable bonds is 1. The van der Waals surface area contributed by atoms with Gasteiger partial charge in [0.15, 0.2) is 5.65 Å². The Bertz CT molecular complexity index is 552. The Balaban J connectivity index is 2.01. The van der Waals surface area contributed by atoms with Crippen molar-refractivity contribution in [1.82, 2.24) is 25.5 Å². The summed E-state index contributed by atoms with van der Waals surface area (Å²) in [5, 5.41) is 8.99. The highest BCUT2D eigenvalue weighted by Gasteiger charge is 2.14. The minimum absolute atomic E-state index is 0.179. The van der Waals surface area contributed by atoms with Gasteiger partial charge in [-0.25, -0.2) is 4.98 Å². The molecule has 16 heavy (non-hydrogen) atoms. The van der Waals surface area contributed by atoms with E-state index in [1.165, 1.54) is 0 Å². The third-order valence-corrected chi connectivity index (χ3v) is 2.71. The summed E-state index contributed by atoms with van der Waals surface area (Å²) in [6, 6.07) is 0. The van der Waals surface area contributed by atoms with Crippen molar-refractivity contribution >= 4 is 17.0 Å². The molecule has 2 aromatic heterocycles. The molecule has 1 fully saturated rings. The zero-order chi connectivity index (χ0) is 11.0. The van der Waals surface area contributed by atoms with Gasteiger partial charge in [-0.1, -0.05) is 0 Å². The lowest BCUT2D eigenvalue weighted by atomic mass is 10.4. The van der Waals surface area contributed by atoms with Crippen LogP contribution in [0.3, 0.4) is 0 Å². The van der Waals surface area contributed by atoms with Crippen LogP contribution in [0.15, 0.2) is 11.0 Å². The lowest BCUT2D eigenvalue weighted by Crippen LogP contribution is -2.44. The van der Waals surface area contributed by atoms with E-state index in [0.717, 1.165) is 26.2 Å². The van der Waals surface area contributed by atoms with Crippen molar-refractivity contribution in [3.05, 3.63) is 16.6 Å². The highest BCUT2D eigenvalue weighted by Crippen LogP contribution is 2.10. The number of aromatic nitrogens is 4. The molecule has 3 heterocycles. The van der Waals surface area contributed by atoms with Gasteiger partial charge in [0.2, 0.25) is 5.95 Å². The first-order valence-corrected chi connectivity index (χ1v) is 5.23. The van der Waals surface area contributed by atoms with Crippen LogP contribution in [0.5, 0.6) is 0 Å². The molecular formula is C9H12N6O. The smallest absolute Gasteiger partial charge is 0.275 e. The number of fused-ring (bicyclic) bond motifs is 1. The van der Waals surface area contributed by atoms with Crippen molar-refractivity contribution in [2.24, 2.45) is 0 Å². The van der Waals surface area contributed by atoms with Crippen molar-refractivity contribution < 1.29 is 0 Å². The van der Waals surface area contributed by atoms with Crippen LogP contribution in [-0.2, 0) is 0 Å². The molecule has 0 bridgehead atoms. The van der Waals surface area contributed by atoms with Crippen molar-refractivity contribution in [3.63, 3.8) is 0 Å². The topological polar surface area (TPSA) is 89.7 Å². The molecule has 0 spiro atoms. The maximum absolute atomic E-state index is 11.3. The van der Waals surface area contributed by atoms with Gasteiger partial charge < -0.3 is 10.2 Å². The van der Waals surface area contributed by atoms with Crippen LogP contribution in [0.25, 0.3) is 11.0 Å².